The van der Waals surface area contributed by atoms with E-state index >= 15 is 0 Å². The summed E-state index contributed by atoms with van der Waals surface area (Å²) in [6.45, 7) is 6.11. The molecule has 4 fully saturated rings. The zero-order valence-electron chi connectivity index (χ0n) is 18.0. The van der Waals surface area contributed by atoms with Crippen molar-refractivity contribution in [1.29, 1.82) is 0 Å². The minimum atomic E-state index is -0.907. The van der Waals surface area contributed by atoms with E-state index in [0.29, 0.717) is 11.8 Å². The predicted octanol–water partition coefficient (Wildman–Crippen LogP) is 4.33. The summed E-state index contributed by atoms with van der Waals surface area (Å²) in [6, 6.07) is 0. The molecule has 0 aromatic carbocycles. The molecule has 0 saturated heterocycles. The van der Waals surface area contributed by atoms with Crippen LogP contribution in [0.25, 0.3) is 0 Å². The van der Waals surface area contributed by atoms with Gasteiger partial charge >= 0.3 is 11.9 Å². The molecule has 162 valence electrons. The van der Waals surface area contributed by atoms with E-state index in [9.17, 15) is 14.7 Å². The largest absolute Gasteiger partial charge is 0.478 e. The highest BCUT2D eigenvalue weighted by molar-refractivity contribution is 5.79. The Morgan fingerprint density at radius 2 is 1.76 bits per heavy atom. The van der Waals surface area contributed by atoms with Crippen molar-refractivity contribution in [2.45, 2.75) is 90.3 Å². The Morgan fingerprint density at radius 3 is 2.45 bits per heavy atom. The van der Waals surface area contributed by atoms with Crippen molar-refractivity contribution in [3.63, 3.8) is 0 Å². The number of carbonyl (C=O) groups is 2. The van der Waals surface area contributed by atoms with Crippen molar-refractivity contribution < 1.29 is 24.5 Å². The van der Waals surface area contributed by atoms with Crippen LogP contribution in [0.2, 0.25) is 0 Å². The quantitative estimate of drug-likeness (QED) is 0.540. The van der Waals surface area contributed by atoms with Gasteiger partial charge in [0.2, 0.25) is 0 Å². The Bertz CT molecular complexity index is 716. The zero-order chi connectivity index (χ0) is 21.0. The van der Waals surface area contributed by atoms with E-state index < -0.39 is 11.6 Å². The predicted molar refractivity (Wildman–Crippen MR) is 109 cm³/mol. The molecule has 0 aromatic heterocycles. The summed E-state index contributed by atoms with van der Waals surface area (Å²) in [5.41, 5.74) is -0.742. The molecule has 4 saturated carbocycles. The highest BCUT2D eigenvalue weighted by atomic mass is 16.5. The molecule has 0 unspecified atom stereocenters. The molecule has 0 aliphatic heterocycles. The van der Waals surface area contributed by atoms with Crippen LogP contribution in [0, 0.1) is 34.5 Å². The first-order valence-corrected chi connectivity index (χ1v) is 11.4. The first kappa shape index (κ1) is 20.9. The molecule has 5 heteroatoms. The number of carboxylic acid groups (broad SMARTS) is 1. The Kier molecular flexibility index (Phi) is 5.12. The lowest BCUT2D eigenvalue weighted by Gasteiger charge is -2.63. The van der Waals surface area contributed by atoms with Gasteiger partial charge < -0.3 is 14.9 Å². The average molecular weight is 405 g/mol. The standard InChI is InChI=1S/C24H36O5/c1-15(25)29-18-9-11-22(2)17(14-18)4-6-20-19(22)10-12-23(3)16(5-7-21(26)27)8-13-24(20,23)28/h5,7,16-20,28H,4,6,8-14H2,1-3H3,(H,26,27)/b7-5+/t16-,17+,18-,19-,20+,22-,23+,24-/m0/s1. The number of fused-ring (bicyclic) bond motifs is 5. The van der Waals surface area contributed by atoms with E-state index in [1.165, 1.54) is 13.0 Å². The number of esters is 1. The summed E-state index contributed by atoms with van der Waals surface area (Å²) in [7, 11) is 0. The van der Waals surface area contributed by atoms with E-state index in [1.54, 1.807) is 0 Å². The smallest absolute Gasteiger partial charge is 0.327 e. The van der Waals surface area contributed by atoms with Crippen molar-refractivity contribution in [2.75, 3.05) is 0 Å². The third-order valence-electron chi connectivity index (χ3n) is 9.68. The number of rotatable bonds is 3. The molecule has 4 aliphatic carbocycles. The van der Waals surface area contributed by atoms with Crippen molar-refractivity contribution >= 4 is 11.9 Å². The molecule has 0 heterocycles. The zero-order valence-corrected chi connectivity index (χ0v) is 18.0. The lowest BCUT2D eigenvalue weighted by molar-refractivity contribution is -0.209. The summed E-state index contributed by atoms with van der Waals surface area (Å²) >= 11 is 0. The second-order valence-electron chi connectivity index (χ2n) is 10.7. The van der Waals surface area contributed by atoms with Crippen LogP contribution in [-0.4, -0.2) is 33.9 Å². The molecule has 0 aromatic rings. The lowest BCUT2D eigenvalue weighted by atomic mass is 9.43. The number of aliphatic carboxylic acids is 1. The fraction of sp³-hybridized carbons (Fsp3) is 0.833. The summed E-state index contributed by atoms with van der Waals surface area (Å²) in [5.74, 6) is 0.390. The van der Waals surface area contributed by atoms with Crippen molar-refractivity contribution in [3.8, 4) is 0 Å². The molecule has 0 spiro atoms. The first-order valence-electron chi connectivity index (χ1n) is 11.4. The van der Waals surface area contributed by atoms with Gasteiger partial charge in [0.15, 0.2) is 0 Å². The maximum absolute atomic E-state index is 12.0. The Morgan fingerprint density at radius 1 is 1.00 bits per heavy atom. The summed E-state index contributed by atoms with van der Waals surface area (Å²) in [4.78, 5) is 22.5. The minimum absolute atomic E-state index is 0.0519. The number of carboxylic acids is 1. The summed E-state index contributed by atoms with van der Waals surface area (Å²) in [6.07, 6.45) is 11.9. The monoisotopic (exact) mass is 404 g/mol. The second kappa shape index (κ2) is 7.11. The van der Waals surface area contributed by atoms with Crippen molar-refractivity contribution in [1.82, 2.24) is 0 Å². The molecule has 2 N–H and O–H groups in total. The molecule has 5 nitrogen and oxygen atoms in total. The molecular weight excluding hydrogens is 368 g/mol. The second-order valence-corrected chi connectivity index (χ2v) is 10.7. The molecule has 0 bridgehead atoms. The molecule has 8 atom stereocenters. The van der Waals surface area contributed by atoms with E-state index in [2.05, 4.69) is 13.8 Å². The van der Waals surface area contributed by atoms with Crippen LogP contribution >= 0.6 is 0 Å². The van der Waals surface area contributed by atoms with Gasteiger partial charge in [-0.2, -0.15) is 0 Å². The van der Waals surface area contributed by atoms with Crippen LogP contribution in [-0.2, 0) is 14.3 Å². The SMILES string of the molecule is CC(=O)O[C@H]1CC[C@@]2(C)[C@H](CC[C@@H]3[C@@H]2CC[C@]2(C)[C@@H](/C=C/C(=O)O)CC[C@]32O)C1. The summed E-state index contributed by atoms with van der Waals surface area (Å²) in [5, 5.41) is 21.1. The molecule has 4 rings (SSSR count). The van der Waals surface area contributed by atoms with Gasteiger partial charge in [0.1, 0.15) is 6.10 Å². The number of ether oxygens (including phenoxy) is 1. The van der Waals surface area contributed by atoms with E-state index in [-0.39, 0.29) is 34.7 Å². The Labute approximate surface area is 173 Å². The van der Waals surface area contributed by atoms with E-state index in [4.69, 9.17) is 9.84 Å². The summed E-state index contributed by atoms with van der Waals surface area (Å²) < 4.78 is 5.54. The topological polar surface area (TPSA) is 83.8 Å². The first-order chi connectivity index (χ1) is 13.6. The lowest BCUT2D eigenvalue weighted by Crippen LogP contribution is -2.62. The number of hydrogen-bond acceptors (Lipinski definition) is 4. The number of aliphatic hydroxyl groups is 1. The van der Waals surface area contributed by atoms with E-state index in [0.717, 1.165) is 57.8 Å². The molecule has 0 radical (unpaired) electrons. The van der Waals surface area contributed by atoms with Gasteiger partial charge in [-0.25, -0.2) is 4.79 Å². The molecule has 29 heavy (non-hydrogen) atoms. The maximum Gasteiger partial charge on any atom is 0.327 e. The number of carbonyl (C=O) groups excluding carboxylic acids is 1. The van der Waals surface area contributed by atoms with Gasteiger partial charge in [-0.3, -0.25) is 4.79 Å². The number of allylic oxidation sites excluding steroid dienone is 1. The van der Waals surface area contributed by atoms with Crippen molar-refractivity contribution in [2.24, 2.45) is 34.5 Å². The number of hydrogen-bond donors (Lipinski definition) is 2. The molecule has 4 aliphatic rings. The van der Waals surface area contributed by atoms with Crippen molar-refractivity contribution in [3.05, 3.63) is 12.2 Å². The fourth-order valence-corrected chi connectivity index (χ4v) is 8.08. The van der Waals surface area contributed by atoms with Crippen LogP contribution in [0.3, 0.4) is 0 Å². The maximum atomic E-state index is 12.0. The highest BCUT2D eigenvalue weighted by Gasteiger charge is 2.66. The highest BCUT2D eigenvalue weighted by Crippen LogP contribution is 2.69. The van der Waals surface area contributed by atoms with E-state index in [1.807, 2.05) is 6.08 Å². The van der Waals surface area contributed by atoms with Gasteiger partial charge in [0.25, 0.3) is 0 Å². The van der Waals surface area contributed by atoms with Crippen LogP contribution in [0.5, 0.6) is 0 Å². The van der Waals surface area contributed by atoms with Gasteiger partial charge in [0, 0.05) is 18.4 Å². The van der Waals surface area contributed by atoms with Gasteiger partial charge in [-0.1, -0.05) is 19.9 Å². The third kappa shape index (κ3) is 3.15. The fourth-order valence-electron chi connectivity index (χ4n) is 8.08. The van der Waals surface area contributed by atoms with Gasteiger partial charge in [-0.15, -0.1) is 0 Å². The normalized spacial score (nSPS) is 49.2. The van der Waals surface area contributed by atoms with Crippen LogP contribution in [0.4, 0.5) is 0 Å². The average Bonchev–Trinajstić information content (AvgIpc) is 2.91. The van der Waals surface area contributed by atoms with Gasteiger partial charge in [0.05, 0.1) is 5.60 Å². The Hall–Kier alpha value is -1.36. The minimum Gasteiger partial charge on any atom is -0.478 e. The van der Waals surface area contributed by atoms with Gasteiger partial charge in [-0.05, 0) is 86.9 Å². The third-order valence-corrected chi connectivity index (χ3v) is 9.68. The van der Waals surface area contributed by atoms with Crippen LogP contribution in [0.1, 0.15) is 78.6 Å². The molecular formula is C24H36O5. The van der Waals surface area contributed by atoms with Crippen LogP contribution in [0.15, 0.2) is 12.2 Å². The molecule has 0 amide bonds. The Balaban J connectivity index is 1.56. The van der Waals surface area contributed by atoms with Crippen LogP contribution < -0.4 is 0 Å².